The molecular formula is C21H24N6O. The molecule has 3 N–H and O–H groups in total. The van der Waals surface area contributed by atoms with E-state index in [4.69, 9.17) is 10.1 Å². The highest BCUT2D eigenvalue weighted by atomic mass is 16.3. The summed E-state index contributed by atoms with van der Waals surface area (Å²) < 4.78 is 1.87. The minimum absolute atomic E-state index is 0.00631. The van der Waals surface area contributed by atoms with Gasteiger partial charge >= 0.3 is 0 Å². The number of nitrogens with one attached hydrogen (secondary N) is 2. The molecule has 6 rings (SSSR count). The molecule has 3 aliphatic rings. The number of hydrogen-bond acceptors (Lipinski definition) is 6. The number of hydrogen-bond donors (Lipinski definition) is 3. The number of aliphatic hydroxyl groups is 1. The first-order valence-corrected chi connectivity index (χ1v) is 10.2. The van der Waals surface area contributed by atoms with Crippen LogP contribution in [-0.4, -0.2) is 43.8 Å². The normalized spacial score (nSPS) is 22.8. The lowest BCUT2D eigenvalue weighted by Gasteiger charge is -2.19. The Labute approximate surface area is 163 Å². The van der Waals surface area contributed by atoms with E-state index in [9.17, 15) is 5.11 Å². The van der Waals surface area contributed by atoms with Crippen LogP contribution in [0.5, 0.6) is 0 Å². The molecule has 3 fully saturated rings. The van der Waals surface area contributed by atoms with Gasteiger partial charge in [0, 0.05) is 36.0 Å². The molecule has 2 saturated carbocycles. The molecule has 1 spiro atoms. The lowest BCUT2D eigenvalue weighted by Crippen LogP contribution is -2.29. The van der Waals surface area contributed by atoms with Crippen LogP contribution in [0.3, 0.4) is 0 Å². The van der Waals surface area contributed by atoms with E-state index in [0.717, 1.165) is 60.0 Å². The van der Waals surface area contributed by atoms with Gasteiger partial charge in [-0.3, -0.25) is 0 Å². The summed E-state index contributed by atoms with van der Waals surface area (Å²) in [5.74, 6) is 1.37. The van der Waals surface area contributed by atoms with E-state index in [1.165, 1.54) is 12.8 Å². The Bertz CT molecular complexity index is 1050. The molecule has 3 aromatic heterocycles. The summed E-state index contributed by atoms with van der Waals surface area (Å²) in [5.41, 5.74) is 4.81. The quantitative estimate of drug-likeness (QED) is 0.634. The number of aromatic nitrogens is 4. The number of pyridine rings is 1. The Balaban J connectivity index is 1.36. The summed E-state index contributed by atoms with van der Waals surface area (Å²) in [6.07, 6.45) is 6.71. The second kappa shape index (κ2) is 5.99. The van der Waals surface area contributed by atoms with E-state index in [0.29, 0.717) is 17.4 Å². The molecule has 7 heteroatoms. The fourth-order valence-electron chi connectivity index (χ4n) is 4.50. The van der Waals surface area contributed by atoms with E-state index >= 15 is 0 Å². The smallest absolute Gasteiger partial charge is 0.154 e. The van der Waals surface area contributed by atoms with Crippen LogP contribution < -0.4 is 10.6 Å². The van der Waals surface area contributed by atoms with Crippen LogP contribution in [0.4, 0.5) is 5.82 Å². The molecule has 2 aliphatic carbocycles. The molecule has 4 heterocycles. The maximum atomic E-state index is 9.70. The first-order valence-electron chi connectivity index (χ1n) is 10.2. The second-order valence-electron chi connectivity index (χ2n) is 8.50. The van der Waals surface area contributed by atoms with Crippen molar-refractivity contribution in [2.75, 3.05) is 18.4 Å². The molecular weight excluding hydrogens is 352 g/mol. The zero-order valence-corrected chi connectivity index (χ0v) is 15.7. The molecule has 3 aromatic rings. The molecule has 1 atom stereocenters. The molecule has 7 nitrogen and oxygen atoms in total. The predicted octanol–water partition coefficient (Wildman–Crippen LogP) is 2.32. The Kier molecular flexibility index (Phi) is 3.52. The number of aliphatic hydroxyl groups excluding tert-OH is 1. The lowest BCUT2D eigenvalue weighted by atomic mass is 10.0. The van der Waals surface area contributed by atoms with Crippen molar-refractivity contribution in [2.45, 2.75) is 44.2 Å². The van der Waals surface area contributed by atoms with Crippen molar-refractivity contribution in [1.82, 2.24) is 24.9 Å². The molecule has 0 amide bonds. The average molecular weight is 376 g/mol. The van der Waals surface area contributed by atoms with Crippen LogP contribution in [0.1, 0.15) is 42.9 Å². The first kappa shape index (κ1) is 16.4. The summed E-state index contributed by atoms with van der Waals surface area (Å²) in [6, 6.07) is 8.48. The first-order chi connectivity index (χ1) is 13.8. The van der Waals surface area contributed by atoms with Gasteiger partial charge in [0.15, 0.2) is 5.65 Å². The molecule has 0 radical (unpaired) electrons. The van der Waals surface area contributed by atoms with Crippen LogP contribution in [0.25, 0.3) is 17.0 Å². The summed E-state index contributed by atoms with van der Waals surface area (Å²) in [7, 11) is 0. The van der Waals surface area contributed by atoms with Crippen LogP contribution in [0.15, 0.2) is 30.5 Å². The number of fused-ring (bicyclic) bond motifs is 1. The maximum Gasteiger partial charge on any atom is 0.154 e. The maximum absolute atomic E-state index is 9.70. The molecule has 28 heavy (non-hydrogen) atoms. The summed E-state index contributed by atoms with van der Waals surface area (Å²) in [6.45, 7) is 2.11. The third-order valence-corrected chi connectivity index (χ3v) is 6.53. The third-order valence-electron chi connectivity index (χ3n) is 6.53. The Morgan fingerprint density at radius 1 is 1.29 bits per heavy atom. The van der Waals surface area contributed by atoms with Crippen molar-refractivity contribution >= 4 is 11.5 Å². The van der Waals surface area contributed by atoms with Crippen molar-refractivity contribution in [2.24, 2.45) is 5.41 Å². The van der Waals surface area contributed by atoms with E-state index in [1.54, 1.807) is 0 Å². The van der Waals surface area contributed by atoms with E-state index in [-0.39, 0.29) is 6.61 Å². The highest BCUT2D eigenvalue weighted by Crippen LogP contribution is 2.51. The van der Waals surface area contributed by atoms with E-state index < -0.39 is 0 Å². The van der Waals surface area contributed by atoms with Gasteiger partial charge in [0.2, 0.25) is 0 Å². The minimum atomic E-state index is 0.00631. The van der Waals surface area contributed by atoms with Crippen LogP contribution in [0, 0.1) is 5.41 Å². The highest BCUT2D eigenvalue weighted by molar-refractivity contribution is 5.62. The largest absolute Gasteiger partial charge is 0.392 e. The predicted molar refractivity (Wildman–Crippen MR) is 106 cm³/mol. The average Bonchev–Trinajstić information content (AvgIpc) is 3.62. The van der Waals surface area contributed by atoms with Gasteiger partial charge in [-0.1, -0.05) is 6.07 Å². The fraction of sp³-hybridized carbons (Fsp3) is 0.476. The van der Waals surface area contributed by atoms with Crippen molar-refractivity contribution in [3.05, 3.63) is 41.7 Å². The van der Waals surface area contributed by atoms with Crippen molar-refractivity contribution in [3.8, 4) is 11.4 Å². The van der Waals surface area contributed by atoms with Crippen LogP contribution in [0.2, 0.25) is 0 Å². The summed E-state index contributed by atoms with van der Waals surface area (Å²) in [4.78, 5) is 9.38. The molecule has 0 unspecified atom stereocenters. The zero-order chi connectivity index (χ0) is 18.7. The second-order valence-corrected chi connectivity index (χ2v) is 8.50. The van der Waals surface area contributed by atoms with Gasteiger partial charge in [0.25, 0.3) is 0 Å². The fourth-order valence-corrected chi connectivity index (χ4v) is 4.50. The topological polar surface area (TPSA) is 87.4 Å². The molecule has 0 aromatic carbocycles. The summed E-state index contributed by atoms with van der Waals surface area (Å²) >= 11 is 0. The molecule has 0 bridgehead atoms. The van der Waals surface area contributed by atoms with Crippen LogP contribution in [-0.2, 0) is 6.61 Å². The number of nitrogens with zero attached hydrogens (tertiary/aromatic N) is 4. The van der Waals surface area contributed by atoms with E-state index in [2.05, 4.69) is 15.6 Å². The van der Waals surface area contributed by atoms with E-state index in [1.807, 2.05) is 35.0 Å². The third kappa shape index (κ3) is 2.61. The number of rotatable bonds is 5. The van der Waals surface area contributed by atoms with Crippen molar-refractivity contribution in [1.29, 1.82) is 0 Å². The lowest BCUT2D eigenvalue weighted by molar-refractivity contribution is 0.279. The summed E-state index contributed by atoms with van der Waals surface area (Å²) in [5, 5.41) is 21.7. The van der Waals surface area contributed by atoms with Gasteiger partial charge in [0.05, 0.1) is 24.2 Å². The Morgan fingerprint density at radius 2 is 2.18 bits per heavy atom. The minimum Gasteiger partial charge on any atom is -0.392 e. The number of imidazole rings is 1. The zero-order valence-electron chi connectivity index (χ0n) is 15.7. The van der Waals surface area contributed by atoms with Gasteiger partial charge in [-0.05, 0) is 43.9 Å². The van der Waals surface area contributed by atoms with Crippen LogP contribution >= 0.6 is 0 Å². The molecule has 1 aliphatic heterocycles. The monoisotopic (exact) mass is 376 g/mol. The van der Waals surface area contributed by atoms with Gasteiger partial charge in [-0.25, -0.2) is 14.5 Å². The van der Waals surface area contributed by atoms with Gasteiger partial charge in [-0.2, -0.15) is 5.10 Å². The number of anilines is 1. The van der Waals surface area contributed by atoms with Crippen molar-refractivity contribution in [3.63, 3.8) is 0 Å². The Morgan fingerprint density at radius 3 is 2.96 bits per heavy atom. The van der Waals surface area contributed by atoms with Gasteiger partial charge in [0.1, 0.15) is 11.5 Å². The van der Waals surface area contributed by atoms with Crippen molar-refractivity contribution < 1.29 is 5.11 Å². The highest BCUT2D eigenvalue weighted by Gasteiger charge is 2.52. The molecule has 1 saturated heterocycles. The Hall–Kier alpha value is -2.51. The standard InChI is InChI=1S/C21H24N6O/c28-11-14-8-19-23-9-16(27(19)26-20(14)13-4-5-13)15-2-1-3-18(24-15)25-17-10-22-12-21(17)6-7-21/h1-3,8-9,13,17,22,28H,4-7,10-12H2,(H,24,25)/t17-/m0/s1. The SMILES string of the molecule is OCc1cc2ncc(-c3cccc(N[C@H]4CNCC45CC5)n3)n2nc1C1CC1. The van der Waals surface area contributed by atoms with Gasteiger partial charge < -0.3 is 15.7 Å². The van der Waals surface area contributed by atoms with Gasteiger partial charge in [-0.15, -0.1) is 0 Å². The molecule has 144 valence electrons.